The van der Waals surface area contributed by atoms with E-state index in [9.17, 15) is 0 Å². The Kier molecular flexibility index (Phi) is 6.58. The van der Waals surface area contributed by atoms with Crippen molar-refractivity contribution >= 4 is 28.3 Å². The number of hydrogen-bond donors (Lipinski definition) is 1. The third kappa shape index (κ3) is 4.94. The third-order valence-corrected chi connectivity index (χ3v) is 6.51. The van der Waals surface area contributed by atoms with Crippen LogP contribution >= 0.6 is 0 Å². The Morgan fingerprint density at radius 2 is 1.77 bits per heavy atom. The third-order valence-electron chi connectivity index (χ3n) is 6.51. The number of pyridine rings is 1. The number of nitrogens with one attached hydrogen (secondary N) is 1. The number of anilines is 2. The molecule has 0 radical (unpaired) electrons. The normalized spacial score (nSPS) is 18.6. The van der Waals surface area contributed by atoms with Crippen molar-refractivity contribution in [2.45, 2.75) is 39.4 Å². The lowest BCUT2D eigenvalue weighted by Crippen LogP contribution is -2.46. The zero-order chi connectivity index (χ0) is 24.5. The lowest BCUT2D eigenvalue weighted by atomic mass is 10.1. The fourth-order valence-electron chi connectivity index (χ4n) is 4.87. The summed E-state index contributed by atoms with van der Waals surface area (Å²) < 4.78 is 8.22. The fourth-order valence-corrected chi connectivity index (χ4v) is 4.87. The predicted molar refractivity (Wildman–Crippen MR) is 142 cm³/mol. The molecule has 3 aromatic heterocycles. The highest BCUT2D eigenvalue weighted by Crippen LogP contribution is 2.30. The van der Waals surface area contributed by atoms with Gasteiger partial charge in [0.05, 0.1) is 40.6 Å². The van der Waals surface area contributed by atoms with E-state index in [1.807, 2.05) is 12.4 Å². The van der Waals surface area contributed by atoms with Crippen LogP contribution in [0.3, 0.4) is 0 Å². The van der Waals surface area contributed by atoms with Crippen molar-refractivity contribution in [2.75, 3.05) is 50.5 Å². The lowest BCUT2D eigenvalue weighted by Gasteiger charge is -2.35. The number of aromatic nitrogens is 4. The molecule has 1 N–H and O–H groups in total. The van der Waals surface area contributed by atoms with Crippen LogP contribution in [0.25, 0.3) is 27.7 Å². The molecular weight excluding hydrogens is 438 g/mol. The van der Waals surface area contributed by atoms with E-state index in [0.29, 0.717) is 0 Å². The minimum Gasteiger partial charge on any atom is -0.372 e. The summed E-state index contributed by atoms with van der Waals surface area (Å²) >= 11 is 0. The minimum atomic E-state index is 0.163. The first-order chi connectivity index (χ1) is 16.9. The van der Waals surface area contributed by atoms with Gasteiger partial charge in [-0.15, -0.1) is 0 Å². The molecule has 0 unspecified atom stereocenters. The van der Waals surface area contributed by atoms with Crippen LogP contribution in [0.4, 0.5) is 11.8 Å². The molecule has 0 spiro atoms. The number of ether oxygens (including phenoxy) is 1. The predicted octanol–water partition coefficient (Wildman–Crippen LogP) is 4.23. The summed E-state index contributed by atoms with van der Waals surface area (Å²) in [4.78, 5) is 18.9. The highest BCUT2D eigenvalue weighted by Gasteiger charge is 2.26. The number of imidazole rings is 1. The van der Waals surface area contributed by atoms with E-state index in [4.69, 9.17) is 14.7 Å². The second-order valence-corrected chi connectivity index (χ2v) is 9.86. The highest BCUT2D eigenvalue weighted by molar-refractivity contribution is 5.85. The molecular formula is C27H35N7O. The second kappa shape index (κ2) is 9.79. The second-order valence-electron chi connectivity index (χ2n) is 9.86. The maximum atomic E-state index is 5.97. The van der Waals surface area contributed by atoms with Crippen LogP contribution in [0.5, 0.6) is 0 Å². The summed E-state index contributed by atoms with van der Waals surface area (Å²) in [5, 5.41) is 3.41. The summed E-state index contributed by atoms with van der Waals surface area (Å²) in [5.74, 6) is 1.86. The molecule has 5 rings (SSSR count). The van der Waals surface area contributed by atoms with E-state index >= 15 is 0 Å². The Bertz CT molecular complexity index is 1300. The van der Waals surface area contributed by atoms with E-state index in [1.165, 1.54) is 0 Å². The Hall–Kier alpha value is -3.23. The molecule has 4 aromatic rings. The smallest absolute Gasteiger partial charge is 0.211 e. The molecule has 35 heavy (non-hydrogen) atoms. The summed E-state index contributed by atoms with van der Waals surface area (Å²) in [6.45, 7) is 9.90. The van der Waals surface area contributed by atoms with Gasteiger partial charge in [0.25, 0.3) is 0 Å². The average molecular weight is 474 g/mol. The van der Waals surface area contributed by atoms with Crippen LogP contribution in [0.1, 0.15) is 26.0 Å². The zero-order valence-electron chi connectivity index (χ0n) is 21.3. The van der Waals surface area contributed by atoms with Gasteiger partial charge in [-0.05, 0) is 77.7 Å². The van der Waals surface area contributed by atoms with Gasteiger partial charge in [0.2, 0.25) is 5.95 Å². The summed E-state index contributed by atoms with van der Waals surface area (Å²) in [7, 11) is 4.19. The van der Waals surface area contributed by atoms with Gasteiger partial charge in [-0.1, -0.05) is 6.07 Å². The molecule has 1 saturated heterocycles. The summed E-state index contributed by atoms with van der Waals surface area (Å²) in [5.41, 5.74) is 6.20. The van der Waals surface area contributed by atoms with Crippen LogP contribution in [0.15, 0.2) is 42.7 Å². The molecule has 8 nitrogen and oxygen atoms in total. The van der Waals surface area contributed by atoms with E-state index < -0.39 is 0 Å². The Labute approximate surface area is 207 Å². The van der Waals surface area contributed by atoms with Crippen molar-refractivity contribution in [1.29, 1.82) is 0 Å². The molecule has 0 bridgehead atoms. The first kappa shape index (κ1) is 23.5. The van der Waals surface area contributed by atoms with Gasteiger partial charge in [-0.2, -0.15) is 0 Å². The highest BCUT2D eigenvalue weighted by atomic mass is 16.5. The molecule has 0 amide bonds. The van der Waals surface area contributed by atoms with Crippen molar-refractivity contribution in [3.05, 3.63) is 48.4 Å². The molecule has 184 valence electrons. The van der Waals surface area contributed by atoms with Crippen molar-refractivity contribution in [3.63, 3.8) is 0 Å². The number of aryl methyl sites for hydroxylation is 1. The molecule has 4 heterocycles. The van der Waals surface area contributed by atoms with Crippen molar-refractivity contribution < 1.29 is 4.74 Å². The fraction of sp³-hybridized carbons (Fsp3) is 0.444. The SMILES string of the molecule is Cc1nc(N2C[C@@H](C)O[C@@H](C)C2)n2c1cnc1ccc(-c3ccc(NCCCN(C)C)nc3)cc12. The molecule has 2 atom stereocenters. The molecule has 0 saturated carbocycles. The van der Waals surface area contributed by atoms with Gasteiger partial charge in [-0.25, -0.2) is 9.97 Å². The minimum absolute atomic E-state index is 0.163. The van der Waals surface area contributed by atoms with Gasteiger partial charge in [0, 0.05) is 31.4 Å². The number of morpholine rings is 1. The molecule has 1 aliphatic heterocycles. The summed E-state index contributed by atoms with van der Waals surface area (Å²) in [6, 6.07) is 10.6. The van der Waals surface area contributed by atoms with Crippen LogP contribution in [-0.2, 0) is 4.74 Å². The topological polar surface area (TPSA) is 70.8 Å². The number of hydrogen-bond acceptors (Lipinski definition) is 7. The van der Waals surface area contributed by atoms with Gasteiger partial charge in [0.1, 0.15) is 5.82 Å². The number of rotatable bonds is 7. The maximum Gasteiger partial charge on any atom is 0.211 e. The summed E-state index contributed by atoms with van der Waals surface area (Å²) in [6.07, 6.45) is 5.28. The standard InChI is InChI=1S/C27H35N7O/c1-18-16-33(17-19(2)35-18)27-31-20(3)25-15-29-23-9-7-21(13-24(23)34(25)27)22-8-10-26(30-14-22)28-11-6-12-32(4)5/h7-10,13-15,18-19H,6,11-12,16-17H2,1-5H3,(H,28,30)/t18-,19+. The average Bonchev–Trinajstić information content (AvgIpc) is 3.18. The number of nitrogens with zero attached hydrogens (tertiary/aromatic N) is 6. The van der Waals surface area contributed by atoms with E-state index in [1.54, 1.807) is 0 Å². The van der Waals surface area contributed by atoms with Crippen LogP contribution in [0, 0.1) is 6.92 Å². The van der Waals surface area contributed by atoms with Crippen LogP contribution < -0.4 is 10.2 Å². The Balaban J connectivity index is 1.48. The number of fused-ring (bicyclic) bond motifs is 3. The monoisotopic (exact) mass is 473 g/mol. The molecule has 0 aliphatic carbocycles. The van der Waals surface area contributed by atoms with Crippen molar-refractivity contribution in [3.8, 4) is 11.1 Å². The van der Waals surface area contributed by atoms with E-state index in [-0.39, 0.29) is 12.2 Å². The molecule has 8 heteroatoms. The van der Waals surface area contributed by atoms with Crippen LogP contribution in [0.2, 0.25) is 0 Å². The van der Waals surface area contributed by atoms with Crippen molar-refractivity contribution in [1.82, 2.24) is 24.3 Å². The lowest BCUT2D eigenvalue weighted by molar-refractivity contribution is -0.00573. The van der Waals surface area contributed by atoms with E-state index in [0.717, 1.165) is 77.7 Å². The zero-order valence-corrected chi connectivity index (χ0v) is 21.3. The van der Waals surface area contributed by atoms with E-state index in [2.05, 4.69) is 89.7 Å². The van der Waals surface area contributed by atoms with Crippen molar-refractivity contribution in [2.24, 2.45) is 0 Å². The van der Waals surface area contributed by atoms with Gasteiger partial charge >= 0.3 is 0 Å². The Morgan fingerprint density at radius 1 is 1.00 bits per heavy atom. The first-order valence-corrected chi connectivity index (χ1v) is 12.4. The largest absolute Gasteiger partial charge is 0.372 e. The van der Waals surface area contributed by atoms with Gasteiger partial charge in [-0.3, -0.25) is 9.38 Å². The quantitative estimate of drug-likeness (QED) is 0.403. The van der Waals surface area contributed by atoms with Crippen LogP contribution in [-0.4, -0.2) is 76.7 Å². The Morgan fingerprint density at radius 3 is 2.49 bits per heavy atom. The molecule has 1 aromatic carbocycles. The maximum absolute atomic E-state index is 5.97. The molecule has 1 aliphatic rings. The van der Waals surface area contributed by atoms with Gasteiger partial charge < -0.3 is 19.9 Å². The first-order valence-electron chi connectivity index (χ1n) is 12.4. The van der Waals surface area contributed by atoms with Gasteiger partial charge in [0.15, 0.2) is 0 Å². The molecule has 1 fully saturated rings. The number of benzene rings is 1.